The highest BCUT2D eigenvalue weighted by Gasteiger charge is 2.54. The van der Waals surface area contributed by atoms with Gasteiger partial charge in [-0.3, -0.25) is 4.79 Å². The number of hydrogen-bond acceptors (Lipinski definition) is 7. The summed E-state index contributed by atoms with van der Waals surface area (Å²) in [4.78, 5) is 27.8. The quantitative estimate of drug-likeness (QED) is 0.191. The van der Waals surface area contributed by atoms with Crippen LogP contribution in [0.3, 0.4) is 0 Å². The Hall–Kier alpha value is -5.08. The van der Waals surface area contributed by atoms with Crippen molar-refractivity contribution in [1.82, 2.24) is 9.47 Å². The Morgan fingerprint density at radius 1 is 1.06 bits per heavy atom. The number of nitriles is 1. The summed E-state index contributed by atoms with van der Waals surface area (Å²) < 4.78 is 57.8. The number of aromatic nitrogens is 1. The highest BCUT2D eigenvalue weighted by molar-refractivity contribution is 6.34. The van der Waals surface area contributed by atoms with Crippen molar-refractivity contribution in [1.29, 1.82) is 5.26 Å². The first-order valence-corrected chi connectivity index (χ1v) is 15.8. The molecule has 48 heavy (non-hydrogen) atoms. The van der Waals surface area contributed by atoms with Gasteiger partial charge in [0, 0.05) is 61.1 Å². The van der Waals surface area contributed by atoms with Gasteiger partial charge in [-0.05, 0) is 39.2 Å². The van der Waals surface area contributed by atoms with Gasteiger partial charge < -0.3 is 28.4 Å². The summed E-state index contributed by atoms with van der Waals surface area (Å²) in [5.74, 6) is -2.60. The fourth-order valence-corrected chi connectivity index (χ4v) is 7.07. The van der Waals surface area contributed by atoms with Crippen molar-refractivity contribution in [2.24, 2.45) is 7.05 Å². The summed E-state index contributed by atoms with van der Waals surface area (Å²) >= 11 is 6.66. The second-order valence-corrected chi connectivity index (χ2v) is 13.4. The average Bonchev–Trinajstić information content (AvgIpc) is 3.70. The molecular formula is C36H30ClF2N3O6. The molecule has 246 valence electrons. The van der Waals surface area contributed by atoms with Crippen LogP contribution in [0.5, 0.6) is 28.7 Å². The molecule has 3 aromatic carbocycles. The van der Waals surface area contributed by atoms with Crippen LogP contribution >= 0.6 is 11.6 Å². The third-order valence-electron chi connectivity index (χ3n) is 8.87. The molecule has 1 amide bonds. The van der Waals surface area contributed by atoms with Crippen LogP contribution in [-0.4, -0.2) is 33.7 Å². The molecule has 0 aliphatic carbocycles. The summed E-state index contributed by atoms with van der Waals surface area (Å²) in [6.07, 6.45) is 2.21. The first-order valence-electron chi connectivity index (χ1n) is 15.4. The summed E-state index contributed by atoms with van der Waals surface area (Å²) in [6, 6.07) is 14.5. The number of halogens is 3. The monoisotopic (exact) mass is 673 g/mol. The largest absolute Gasteiger partial charge is 0.480 e. The molecule has 0 spiro atoms. The van der Waals surface area contributed by atoms with Crippen molar-refractivity contribution in [3.63, 3.8) is 0 Å². The van der Waals surface area contributed by atoms with Crippen molar-refractivity contribution in [3.05, 3.63) is 98.4 Å². The Labute approximate surface area is 279 Å². The molecule has 2 atom stereocenters. The standard InChI is InChI=1S/C36H30ClF2N3O6/c1-35(2,3)48-34(44)42-13-8-11-26(42)36(20-9-6-5-7-10-20)17-21-24(47-36)16-22(38)29(37)28(21)27-19(18-40)15-25-31(30(27)39)45-23-12-14-41(4)33(43)32(23)46-25/h5-7,9-10,12,14-16,26H,8,11,13,17H2,1-4H3/t26-,36-/m0/s1. The number of aryl methyl sites for hydroxylation is 1. The van der Waals surface area contributed by atoms with E-state index in [1.807, 2.05) is 36.4 Å². The van der Waals surface area contributed by atoms with Crippen LogP contribution in [0, 0.1) is 23.0 Å². The smallest absolute Gasteiger partial charge is 0.410 e. The molecule has 0 N–H and O–H groups in total. The summed E-state index contributed by atoms with van der Waals surface area (Å²) in [6.45, 7) is 5.77. The number of nitrogens with zero attached hydrogens (tertiary/aromatic N) is 3. The van der Waals surface area contributed by atoms with E-state index in [4.69, 9.17) is 30.5 Å². The summed E-state index contributed by atoms with van der Waals surface area (Å²) in [7, 11) is 1.52. The van der Waals surface area contributed by atoms with Gasteiger partial charge in [-0.15, -0.1) is 0 Å². The van der Waals surface area contributed by atoms with Gasteiger partial charge in [-0.25, -0.2) is 13.6 Å². The number of rotatable bonds is 3. The second-order valence-electron chi connectivity index (χ2n) is 13.1. The fourth-order valence-electron chi connectivity index (χ4n) is 6.81. The van der Waals surface area contributed by atoms with Crippen LogP contribution in [0.25, 0.3) is 11.1 Å². The summed E-state index contributed by atoms with van der Waals surface area (Å²) in [5, 5.41) is 9.83. The normalized spacial score (nSPS) is 19.3. The Morgan fingerprint density at radius 3 is 2.50 bits per heavy atom. The molecule has 0 saturated carbocycles. The first-order chi connectivity index (χ1) is 22.8. The molecule has 1 saturated heterocycles. The van der Waals surface area contributed by atoms with E-state index in [9.17, 15) is 14.9 Å². The maximum absolute atomic E-state index is 16.8. The SMILES string of the molecule is Cn1ccc2c(c1=O)Oc1cc(C#N)c(-c3c(Cl)c(F)cc4c3C[C@](c3ccccc3)([C@@H]3CCCN3C(=O)OC(C)(C)C)O4)c(F)c1O2. The second kappa shape index (κ2) is 11.3. The van der Waals surface area contributed by atoms with E-state index in [2.05, 4.69) is 0 Å². The number of likely N-dealkylation sites (tertiary alicyclic amines) is 1. The molecule has 3 aliphatic rings. The van der Waals surface area contributed by atoms with E-state index in [1.165, 1.54) is 29.9 Å². The Bertz CT molecular complexity index is 2110. The van der Waals surface area contributed by atoms with Crippen LogP contribution in [0.15, 0.2) is 59.5 Å². The molecular weight excluding hydrogens is 644 g/mol. The zero-order valence-corrected chi connectivity index (χ0v) is 27.3. The number of fused-ring (bicyclic) bond motifs is 3. The van der Waals surface area contributed by atoms with Gasteiger partial charge in [-0.2, -0.15) is 5.26 Å². The molecule has 4 heterocycles. The minimum atomic E-state index is -1.24. The van der Waals surface area contributed by atoms with Crippen LogP contribution < -0.4 is 19.8 Å². The van der Waals surface area contributed by atoms with Crippen LogP contribution in [0.2, 0.25) is 5.02 Å². The lowest BCUT2D eigenvalue weighted by Crippen LogP contribution is -2.53. The van der Waals surface area contributed by atoms with E-state index < -0.39 is 45.6 Å². The van der Waals surface area contributed by atoms with E-state index >= 15 is 8.78 Å². The van der Waals surface area contributed by atoms with E-state index in [0.29, 0.717) is 30.5 Å². The Morgan fingerprint density at radius 2 is 1.79 bits per heavy atom. The molecule has 12 heteroatoms. The molecule has 9 nitrogen and oxygen atoms in total. The van der Waals surface area contributed by atoms with Gasteiger partial charge in [0.2, 0.25) is 11.5 Å². The third-order valence-corrected chi connectivity index (χ3v) is 9.24. The van der Waals surface area contributed by atoms with Gasteiger partial charge >= 0.3 is 6.09 Å². The Balaban J connectivity index is 1.40. The average molecular weight is 674 g/mol. The fraction of sp³-hybridized carbons (Fsp3) is 0.306. The zero-order chi connectivity index (χ0) is 34.1. The van der Waals surface area contributed by atoms with Crippen molar-refractivity contribution >= 4 is 17.7 Å². The van der Waals surface area contributed by atoms with Crippen molar-refractivity contribution in [2.75, 3.05) is 6.54 Å². The Kier molecular flexibility index (Phi) is 7.40. The minimum absolute atomic E-state index is 0.0226. The van der Waals surface area contributed by atoms with E-state index in [1.54, 1.807) is 25.7 Å². The van der Waals surface area contributed by atoms with Gasteiger partial charge in [0.15, 0.2) is 22.9 Å². The first kappa shape index (κ1) is 31.5. The van der Waals surface area contributed by atoms with Gasteiger partial charge in [-0.1, -0.05) is 41.9 Å². The lowest BCUT2D eigenvalue weighted by Gasteiger charge is -2.40. The predicted molar refractivity (Wildman–Crippen MR) is 172 cm³/mol. The van der Waals surface area contributed by atoms with Crippen molar-refractivity contribution in [3.8, 4) is 45.9 Å². The van der Waals surface area contributed by atoms with Crippen LogP contribution in [0.1, 0.15) is 50.3 Å². The van der Waals surface area contributed by atoms with Gasteiger partial charge in [0.05, 0.1) is 16.6 Å². The van der Waals surface area contributed by atoms with Crippen LogP contribution in [0.4, 0.5) is 13.6 Å². The number of amides is 1. The lowest BCUT2D eigenvalue weighted by molar-refractivity contribution is -0.0216. The van der Waals surface area contributed by atoms with Gasteiger partial charge in [0.25, 0.3) is 5.56 Å². The molecule has 1 aromatic heterocycles. The lowest BCUT2D eigenvalue weighted by atomic mass is 9.79. The van der Waals surface area contributed by atoms with Crippen molar-refractivity contribution in [2.45, 2.75) is 57.3 Å². The molecule has 0 bridgehead atoms. The highest BCUT2D eigenvalue weighted by atomic mass is 35.5. The highest BCUT2D eigenvalue weighted by Crippen LogP contribution is 2.55. The minimum Gasteiger partial charge on any atom is -0.480 e. The number of carbonyl (C=O) groups excluding carboxylic acids is 1. The number of hydrogen-bond donors (Lipinski definition) is 0. The maximum atomic E-state index is 16.8. The topological polar surface area (TPSA) is 103 Å². The van der Waals surface area contributed by atoms with Crippen molar-refractivity contribution < 1.29 is 32.5 Å². The number of ether oxygens (including phenoxy) is 4. The maximum Gasteiger partial charge on any atom is 0.410 e. The molecule has 3 aliphatic heterocycles. The number of benzene rings is 3. The third kappa shape index (κ3) is 4.94. The van der Waals surface area contributed by atoms with E-state index in [-0.39, 0.29) is 51.9 Å². The molecule has 7 rings (SSSR count). The van der Waals surface area contributed by atoms with E-state index in [0.717, 1.165) is 6.07 Å². The van der Waals surface area contributed by atoms with Gasteiger partial charge in [0.1, 0.15) is 23.2 Å². The molecule has 4 aromatic rings. The van der Waals surface area contributed by atoms with Crippen LogP contribution in [-0.2, 0) is 23.8 Å². The predicted octanol–water partition coefficient (Wildman–Crippen LogP) is 7.98. The zero-order valence-electron chi connectivity index (χ0n) is 26.5. The molecule has 0 unspecified atom stereocenters. The molecule has 0 radical (unpaired) electrons. The number of carbonyl (C=O) groups is 1. The summed E-state index contributed by atoms with van der Waals surface area (Å²) in [5.41, 5.74) is -2.06. The molecule has 1 fully saturated rings. The number of pyridine rings is 1.